The van der Waals surface area contributed by atoms with Crippen LogP contribution in [-0.4, -0.2) is 22.7 Å². The van der Waals surface area contributed by atoms with Gasteiger partial charge in [-0.3, -0.25) is 0 Å². The highest BCUT2D eigenvalue weighted by atomic mass is 35.5. The standard InChI is InChI=1S/C15H21ClO2S/c1-10(2)15-7-13(14(3,18-15)6-12(15)16)17-8-11-4-5-19-9-11/h4-5,9-10,12-13H,6-8H2,1-3H3/t12-,13+,14-,15+/m0/s1. The van der Waals surface area contributed by atoms with Gasteiger partial charge in [-0.25, -0.2) is 0 Å². The van der Waals surface area contributed by atoms with Crippen molar-refractivity contribution in [2.24, 2.45) is 5.92 Å². The molecule has 1 aromatic rings. The molecule has 0 aromatic carbocycles. The minimum absolute atomic E-state index is 0.110. The van der Waals surface area contributed by atoms with Crippen LogP contribution in [0, 0.1) is 5.92 Å². The number of thiophene rings is 1. The summed E-state index contributed by atoms with van der Waals surface area (Å²) in [7, 11) is 0. The Morgan fingerprint density at radius 1 is 1.53 bits per heavy atom. The third-order valence-electron chi connectivity index (χ3n) is 4.73. The summed E-state index contributed by atoms with van der Waals surface area (Å²) in [5.74, 6) is 0.423. The van der Waals surface area contributed by atoms with Crippen LogP contribution >= 0.6 is 22.9 Å². The fraction of sp³-hybridized carbons (Fsp3) is 0.733. The van der Waals surface area contributed by atoms with Gasteiger partial charge in [-0.05, 0) is 41.7 Å². The summed E-state index contributed by atoms with van der Waals surface area (Å²) in [6.07, 6.45) is 1.96. The summed E-state index contributed by atoms with van der Waals surface area (Å²) in [5, 5.41) is 4.33. The van der Waals surface area contributed by atoms with Crippen molar-refractivity contribution in [3.8, 4) is 0 Å². The molecule has 0 spiro atoms. The van der Waals surface area contributed by atoms with Gasteiger partial charge >= 0.3 is 0 Å². The number of hydrogen-bond donors (Lipinski definition) is 0. The average molecular weight is 301 g/mol. The van der Waals surface area contributed by atoms with Crippen molar-refractivity contribution < 1.29 is 9.47 Å². The van der Waals surface area contributed by atoms with Gasteiger partial charge in [0.2, 0.25) is 0 Å². The van der Waals surface area contributed by atoms with Crippen molar-refractivity contribution in [3.05, 3.63) is 22.4 Å². The van der Waals surface area contributed by atoms with Gasteiger partial charge in [0.05, 0.1) is 29.3 Å². The molecule has 2 bridgehead atoms. The Hall–Kier alpha value is -0.0900. The van der Waals surface area contributed by atoms with Crippen LogP contribution in [0.15, 0.2) is 16.8 Å². The third kappa shape index (κ3) is 2.15. The molecule has 1 aromatic heterocycles. The number of fused-ring (bicyclic) bond motifs is 2. The SMILES string of the molecule is CC(C)[C@]12C[C@@H](OCc3ccsc3)[C@](C)(C[C@@H]1Cl)O2. The maximum absolute atomic E-state index is 6.54. The summed E-state index contributed by atoms with van der Waals surface area (Å²) in [6, 6.07) is 2.11. The molecule has 4 heteroatoms. The molecule has 3 rings (SSSR count). The van der Waals surface area contributed by atoms with E-state index in [1.165, 1.54) is 5.56 Å². The van der Waals surface area contributed by atoms with E-state index in [1.54, 1.807) is 11.3 Å². The van der Waals surface area contributed by atoms with Crippen molar-refractivity contribution in [2.45, 2.75) is 62.9 Å². The zero-order chi connectivity index (χ0) is 13.7. The van der Waals surface area contributed by atoms with Gasteiger partial charge in [-0.2, -0.15) is 11.3 Å². The largest absolute Gasteiger partial charge is 0.370 e. The van der Waals surface area contributed by atoms with E-state index in [1.807, 2.05) is 0 Å². The van der Waals surface area contributed by atoms with Crippen molar-refractivity contribution in [1.82, 2.24) is 0 Å². The molecule has 0 N–H and O–H groups in total. The van der Waals surface area contributed by atoms with Crippen LogP contribution in [-0.2, 0) is 16.1 Å². The van der Waals surface area contributed by atoms with Gasteiger partial charge in [0.1, 0.15) is 0 Å². The molecule has 2 aliphatic heterocycles. The molecule has 2 aliphatic rings. The quantitative estimate of drug-likeness (QED) is 0.775. The monoisotopic (exact) mass is 300 g/mol. The Balaban J connectivity index is 1.72. The second-order valence-electron chi connectivity index (χ2n) is 6.33. The number of rotatable bonds is 4. The van der Waals surface area contributed by atoms with E-state index >= 15 is 0 Å². The summed E-state index contributed by atoms with van der Waals surface area (Å²) in [4.78, 5) is 0. The Labute approximate surface area is 124 Å². The Morgan fingerprint density at radius 3 is 2.89 bits per heavy atom. The second kappa shape index (κ2) is 4.73. The highest BCUT2D eigenvalue weighted by molar-refractivity contribution is 7.07. The molecule has 19 heavy (non-hydrogen) atoms. The minimum atomic E-state index is -0.216. The third-order valence-corrected chi connectivity index (χ3v) is 5.99. The molecule has 0 radical (unpaired) electrons. The van der Waals surface area contributed by atoms with Gasteiger partial charge in [0, 0.05) is 6.42 Å². The molecular weight excluding hydrogens is 280 g/mol. The number of halogens is 1. The van der Waals surface area contributed by atoms with E-state index in [2.05, 4.69) is 37.6 Å². The van der Waals surface area contributed by atoms with E-state index in [4.69, 9.17) is 21.1 Å². The predicted molar refractivity (Wildman–Crippen MR) is 78.8 cm³/mol. The molecule has 0 saturated carbocycles. The van der Waals surface area contributed by atoms with Crippen LogP contribution in [0.3, 0.4) is 0 Å². The first-order valence-corrected chi connectivity index (χ1v) is 8.31. The lowest BCUT2D eigenvalue weighted by molar-refractivity contribution is -0.0957. The summed E-state index contributed by atoms with van der Waals surface area (Å²) in [6.45, 7) is 7.22. The number of hydrogen-bond acceptors (Lipinski definition) is 3. The van der Waals surface area contributed by atoms with Crippen molar-refractivity contribution in [2.75, 3.05) is 0 Å². The molecule has 2 nitrogen and oxygen atoms in total. The van der Waals surface area contributed by atoms with Gasteiger partial charge in [0.25, 0.3) is 0 Å². The predicted octanol–water partition coefficient (Wildman–Crippen LogP) is 4.22. The zero-order valence-corrected chi connectivity index (χ0v) is 13.3. The second-order valence-corrected chi connectivity index (χ2v) is 7.64. The summed E-state index contributed by atoms with van der Waals surface area (Å²) in [5.41, 5.74) is 0.833. The smallest absolute Gasteiger partial charge is 0.0939 e. The fourth-order valence-electron chi connectivity index (χ4n) is 3.46. The zero-order valence-electron chi connectivity index (χ0n) is 11.7. The number of ether oxygens (including phenoxy) is 2. The van der Waals surface area contributed by atoms with Crippen molar-refractivity contribution >= 4 is 22.9 Å². The Bertz CT molecular complexity index is 447. The fourth-order valence-corrected chi connectivity index (χ4v) is 4.81. The molecule has 0 unspecified atom stereocenters. The van der Waals surface area contributed by atoms with Crippen LogP contribution in [0.4, 0.5) is 0 Å². The van der Waals surface area contributed by atoms with Crippen LogP contribution in [0.1, 0.15) is 39.2 Å². The van der Waals surface area contributed by atoms with Gasteiger partial charge < -0.3 is 9.47 Å². The van der Waals surface area contributed by atoms with Crippen molar-refractivity contribution in [3.63, 3.8) is 0 Å². The molecule has 106 valence electrons. The van der Waals surface area contributed by atoms with E-state index in [-0.39, 0.29) is 22.7 Å². The van der Waals surface area contributed by atoms with Crippen LogP contribution < -0.4 is 0 Å². The molecule has 2 saturated heterocycles. The van der Waals surface area contributed by atoms with Crippen molar-refractivity contribution in [1.29, 1.82) is 0 Å². The first-order valence-electron chi connectivity index (χ1n) is 6.93. The molecular formula is C15H21ClO2S. The van der Waals surface area contributed by atoms with E-state index < -0.39 is 0 Å². The maximum atomic E-state index is 6.54. The van der Waals surface area contributed by atoms with Gasteiger partial charge in [-0.1, -0.05) is 13.8 Å². The topological polar surface area (TPSA) is 18.5 Å². The Morgan fingerprint density at radius 2 is 2.32 bits per heavy atom. The van der Waals surface area contributed by atoms with E-state index in [9.17, 15) is 0 Å². The normalized spacial score (nSPS) is 41.3. The van der Waals surface area contributed by atoms with Gasteiger partial charge in [0.15, 0.2) is 0 Å². The van der Waals surface area contributed by atoms with E-state index in [0.717, 1.165) is 12.8 Å². The van der Waals surface area contributed by atoms with E-state index in [0.29, 0.717) is 12.5 Å². The van der Waals surface area contributed by atoms with Gasteiger partial charge in [-0.15, -0.1) is 11.6 Å². The first-order chi connectivity index (χ1) is 8.96. The molecule has 0 aliphatic carbocycles. The lowest BCUT2D eigenvalue weighted by Crippen LogP contribution is -2.45. The lowest BCUT2D eigenvalue weighted by atomic mass is 9.75. The molecule has 4 atom stereocenters. The average Bonchev–Trinajstić information content (AvgIpc) is 2.98. The first kappa shape index (κ1) is 13.9. The van der Waals surface area contributed by atoms with Crippen LogP contribution in [0.2, 0.25) is 0 Å². The molecule has 3 heterocycles. The Kier molecular flexibility index (Phi) is 3.45. The molecule has 0 amide bonds. The summed E-state index contributed by atoms with van der Waals surface area (Å²) >= 11 is 8.24. The number of alkyl halides is 1. The molecule has 2 fully saturated rings. The lowest BCUT2D eigenvalue weighted by Gasteiger charge is -2.35. The van der Waals surface area contributed by atoms with Crippen LogP contribution in [0.5, 0.6) is 0 Å². The maximum Gasteiger partial charge on any atom is 0.0939 e. The highest BCUT2D eigenvalue weighted by Crippen LogP contribution is 2.57. The minimum Gasteiger partial charge on any atom is -0.370 e. The van der Waals surface area contributed by atoms with Crippen LogP contribution in [0.25, 0.3) is 0 Å². The summed E-state index contributed by atoms with van der Waals surface area (Å²) < 4.78 is 12.5. The highest BCUT2D eigenvalue weighted by Gasteiger charge is 2.65.